The highest BCUT2D eigenvalue weighted by atomic mass is 16.5. The highest BCUT2D eigenvalue weighted by Crippen LogP contribution is 2.22. The first kappa shape index (κ1) is 12.1. The van der Waals surface area contributed by atoms with Crippen LogP contribution >= 0.6 is 0 Å². The number of carbonyl (C=O) groups is 2. The van der Waals surface area contributed by atoms with Gasteiger partial charge in [0.2, 0.25) is 5.78 Å². The van der Waals surface area contributed by atoms with Crippen molar-refractivity contribution in [2.75, 3.05) is 19.1 Å². The number of hydrogen-bond acceptors (Lipinski definition) is 4. The number of likely N-dealkylation sites (N-methyl/N-ethyl adjacent to an activating group) is 1. The normalized spacial score (nSPS) is 14.4. The minimum atomic E-state index is -0.176. The minimum Gasteiger partial charge on any atom is -0.497 e. The molecule has 0 saturated heterocycles. The Morgan fingerprint density at radius 1 is 1.06 bits per heavy atom. The van der Waals surface area contributed by atoms with Crippen molar-refractivity contribution in [1.82, 2.24) is 0 Å². The van der Waals surface area contributed by atoms with E-state index in [0.29, 0.717) is 5.70 Å². The lowest BCUT2D eigenvalue weighted by Gasteiger charge is -2.22. The van der Waals surface area contributed by atoms with Crippen LogP contribution < -0.4 is 9.64 Å². The number of allylic oxidation sites excluding steroid dienone is 3. The predicted molar refractivity (Wildman–Crippen MR) is 68.6 cm³/mol. The van der Waals surface area contributed by atoms with Crippen LogP contribution in [0.2, 0.25) is 0 Å². The van der Waals surface area contributed by atoms with Gasteiger partial charge in [-0.1, -0.05) is 0 Å². The van der Waals surface area contributed by atoms with Gasteiger partial charge in [-0.25, -0.2) is 0 Å². The first-order chi connectivity index (χ1) is 8.61. The van der Waals surface area contributed by atoms with Crippen LogP contribution in [0, 0.1) is 0 Å². The second-order valence-electron chi connectivity index (χ2n) is 3.89. The van der Waals surface area contributed by atoms with E-state index in [-0.39, 0.29) is 11.6 Å². The standard InChI is InChI=1S/C14H13NO3/c1-15(10-3-6-12(18-2)7-4-10)13-9-11(16)5-8-14(13)17/h3-9H,1-2H3. The van der Waals surface area contributed by atoms with Crippen LogP contribution in [0.4, 0.5) is 5.69 Å². The van der Waals surface area contributed by atoms with E-state index in [1.165, 1.54) is 18.2 Å². The average molecular weight is 243 g/mol. The highest BCUT2D eigenvalue weighted by molar-refractivity contribution is 6.18. The fourth-order valence-electron chi connectivity index (χ4n) is 1.70. The maximum absolute atomic E-state index is 11.7. The Balaban J connectivity index is 2.27. The molecule has 92 valence electrons. The van der Waals surface area contributed by atoms with Crippen molar-refractivity contribution in [1.29, 1.82) is 0 Å². The second kappa shape index (κ2) is 4.87. The predicted octanol–water partition coefficient (Wildman–Crippen LogP) is 1.72. The summed E-state index contributed by atoms with van der Waals surface area (Å²) in [6, 6.07) is 7.26. The molecule has 0 amide bonds. The summed E-state index contributed by atoms with van der Waals surface area (Å²) in [6.07, 6.45) is 3.90. The average Bonchev–Trinajstić information content (AvgIpc) is 2.41. The third-order valence-electron chi connectivity index (χ3n) is 2.75. The molecule has 0 spiro atoms. The number of ketones is 2. The quantitative estimate of drug-likeness (QED) is 0.758. The fraction of sp³-hybridized carbons (Fsp3) is 0.143. The lowest BCUT2D eigenvalue weighted by molar-refractivity contribution is -0.114. The topological polar surface area (TPSA) is 46.6 Å². The van der Waals surface area contributed by atoms with Crippen LogP contribution in [-0.2, 0) is 9.59 Å². The number of anilines is 1. The van der Waals surface area contributed by atoms with Crippen LogP contribution in [0.3, 0.4) is 0 Å². The summed E-state index contributed by atoms with van der Waals surface area (Å²) in [5, 5.41) is 0. The summed E-state index contributed by atoms with van der Waals surface area (Å²) < 4.78 is 5.07. The van der Waals surface area contributed by atoms with Crippen molar-refractivity contribution in [3.63, 3.8) is 0 Å². The van der Waals surface area contributed by atoms with Crippen LogP contribution in [0.5, 0.6) is 5.75 Å². The Bertz CT molecular complexity index is 541. The zero-order valence-electron chi connectivity index (χ0n) is 10.2. The summed E-state index contributed by atoms with van der Waals surface area (Å²) in [7, 11) is 3.34. The van der Waals surface area contributed by atoms with Crippen molar-refractivity contribution in [3.05, 3.63) is 48.2 Å². The number of hydrogen-bond donors (Lipinski definition) is 0. The van der Waals surface area contributed by atoms with Crippen molar-refractivity contribution in [2.45, 2.75) is 0 Å². The van der Waals surface area contributed by atoms with Gasteiger partial charge in [0.05, 0.1) is 12.8 Å². The summed E-state index contributed by atoms with van der Waals surface area (Å²) in [5.74, 6) is 0.393. The van der Waals surface area contributed by atoms with Crippen molar-refractivity contribution < 1.29 is 14.3 Å². The van der Waals surface area contributed by atoms with Crippen LogP contribution in [0.1, 0.15) is 0 Å². The number of benzene rings is 1. The van der Waals surface area contributed by atoms with E-state index in [9.17, 15) is 9.59 Å². The van der Waals surface area contributed by atoms with Gasteiger partial charge in [0.15, 0.2) is 5.78 Å². The van der Waals surface area contributed by atoms with E-state index in [1.807, 2.05) is 12.1 Å². The number of nitrogens with zero attached hydrogens (tertiary/aromatic N) is 1. The van der Waals surface area contributed by atoms with Gasteiger partial charge in [-0.2, -0.15) is 0 Å². The van der Waals surface area contributed by atoms with E-state index < -0.39 is 0 Å². The fourth-order valence-corrected chi connectivity index (χ4v) is 1.70. The van der Waals surface area contributed by atoms with Gasteiger partial charge in [-0.3, -0.25) is 9.59 Å². The Labute approximate surface area is 105 Å². The molecule has 1 aliphatic carbocycles. The number of carbonyl (C=O) groups excluding carboxylic acids is 2. The molecule has 1 aromatic rings. The van der Waals surface area contributed by atoms with E-state index in [1.54, 1.807) is 31.2 Å². The monoisotopic (exact) mass is 243 g/mol. The van der Waals surface area contributed by atoms with Gasteiger partial charge in [0.1, 0.15) is 5.75 Å². The van der Waals surface area contributed by atoms with Crippen LogP contribution in [0.15, 0.2) is 48.2 Å². The third-order valence-corrected chi connectivity index (χ3v) is 2.75. The molecule has 0 fully saturated rings. The van der Waals surface area contributed by atoms with Crippen molar-refractivity contribution in [2.24, 2.45) is 0 Å². The third kappa shape index (κ3) is 2.32. The molecule has 0 atom stereocenters. The summed E-state index contributed by atoms with van der Waals surface area (Å²) in [4.78, 5) is 24.7. The van der Waals surface area contributed by atoms with Gasteiger partial charge < -0.3 is 9.64 Å². The Hall–Kier alpha value is -2.36. The molecule has 4 heteroatoms. The largest absolute Gasteiger partial charge is 0.497 e. The first-order valence-corrected chi connectivity index (χ1v) is 5.47. The van der Waals surface area contributed by atoms with E-state index in [4.69, 9.17) is 4.74 Å². The molecule has 1 aliphatic rings. The lowest BCUT2D eigenvalue weighted by Crippen LogP contribution is -2.24. The Morgan fingerprint density at radius 3 is 2.33 bits per heavy atom. The molecule has 4 nitrogen and oxygen atoms in total. The van der Waals surface area contributed by atoms with E-state index >= 15 is 0 Å². The molecule has 0 heterocycles. The molecule has 0 aliphatic heterocycles. The summed E-state index contributed by atoms with van der Waals surface area (Å²) in [6.45, 7) is 0. The molecule has 0 saturated carbocycles. The number of rotatable bonds is 3. The minimum absolute atomic E-state index is 0.173. The molecule has 18 heavy (non-hydrogen) atoms. The van der Waals surface area contributed by atoms with E-state index in [0.717, 1.165) is 11.4 Å². The van der Waals surface area contributed by atoms with Crippen molar-refractivity contribution in [3.8, 4) is 5.75 Å². The SMILES string of the molecule is COc1ccc(N(C)C2=CC(=O)C=CC2=O)cc1. The smallest absolute Gasteiger partial charge is 0.202 e. The maximum Gasteiger partial charge on any atom is 0.202 e. The molecule has 0 unspecified atom stereocenters. The zero-order valence-corrected chi connectivity index (χ0v) is 10.2. The second-order valence-corrected chi connectivity index (χ2v) is 3.89. The van der Waals surface area contributed by atoms with Gasteiger partial charge in [-0.05, 0) is 36.4 Å². The molecule has 1 aromatic carbocycles. The maximum atomic E-state index is 11.7. The van der Waals surface area contributed by atoms with Gasteiger partial charge in [-0.15, -0.1) is 0 Å². The zero-order chi connectivity index (χ0) is 13.1. The van der Waals surface area contributed by atoms with Crippen molar-refractivity contribution >= 4 is 17.3 Å². The van der Waals surface area contributed by atoms with Gasteiger partial charge in [0.25, 0.3) is 0 Å². The molecule has 0 aromatic heterocycles. The lowest BCUT2D eigenvalue weighted by atomic mass is 10.1. The van der Waals surface area contributed by atoms with E-state index in [2.05, 4.69) is 0 Å². The molecular formula is C14H13NO3. The van der Waals surface area contributed by atoms with Gasteiger partial charge in [0, 0.05) is 18.8 Å². The molecule has 2 rings (SSSR count). The number of methoxy groups -OCH3 is 1. The summed E-state index contributed by atoms with van der Waals surface area (Å²) >= 11 is 0. The molecule has 0 N–H and O–H groups in total. The van der Waals surface area contributed by atoms with Crippen LogP contribution in [-0.4, -0.2) is 25.7 Å². The first-order valence-electron chi connectivity index (χ1n) is 5.47. The van der Waals surface area contributed by atoms with Gasteiger partial charge >= 0.3 is 0 Å². The molecule has 0 radical (unpaired) electrons. The molecule has 0 bridgehead atoms. The Kier molecular flexibility index (Phi) is 3.28. The highest BCUT2D eigenvalue weighted by Gasteiger charge is 2.18. The molecular weight excluding hydrogens is 230 g/mol. The van der Waals surface area contributed by atoms with Crippen LogP contribution in [0.25, 0.3) is 0 Å². The summed E-state index contributed by atoms with van der Waals surface area (Å²) in [5.41, 5.74) is 1.19. The number of ether oxygens (including phenoxy) is 1. The Morgan fingerprint density at radius 2 is 1.72 bits per heavy atom.